The highest BCUT2D eigenvalue weighted by molar-refractivity contribution is 5.75. The average molecular weight is 430 g/mol. The van der Waals surface area contributed by atoms with E-state index < -0.39 is 0 Å². The van der Waals surface area contributed by atoms with Crippen LogP contribution in [0.3, 0.4) is 0 Å². The molecule has 0 radical (unpaired) electrons. The molecule has 0 amide bonds. The molecule has 32 heavy (non-hydrogen) atoms. The van der Waals surface area contributed by atoms with Crippen LogP contribution in [0, 0.1) is 23.2 Å². The van der Waals surface area contributed by atoms with Gasteiger partial charge in [0, 0.05) is 25.6 Å². The first-order chi connectivity index (χ1) is 15.5. The second-order valence-corrected chi connectivity index (χ2v) is 10.5. The van der Waals surface area contributed by atoms with Crippen molar-refractivity contribution in [3.63, 3.8) is 0 Å². The monoisotopic (exact) mass is 429 g/mol. The Kier molecular flexibility index (Phi) is 5.94. The summed E-state index contributed by atoms with van der Waals surface area (Å²) in [4.78, 5) is 15.5. The molecule has 0 aromatic heterocycles. The number of hydrogen-bond donors (Lipinski definition) is 0. The SMILES string of the molecule is C=C1CCC[C@]2(C)C[C@H]3OC(=O)[C@@H](CN(Cc4ccccc4)Cc4ccccc4)[C@H]3C[C@H]12. The summed E-state index contributed by atoms with van der Waals surface area (Å²) in [6.45, 7) is 9.26. The molecule has 5 atom stereocenters. The van der Waals surface area contributed by atoms with Gasteiger partial charge in [0.1, 0.15) is 6.10 Å². The summed E-state index contributed by atoms with van der Waals surface area (Å²) in [5.41, 5.74) is 4.21. The molecular formula is C29H35NO2. The van der Waals surface area contributed by atoms with Crippen molar-refractivity contribution in [2.75, 3.05) is 6.54 Å². The van der Waals surface area contributed by atoms with Gasteiger partial charge in [0.2, 0.25) is 0 Å². The fourth-order valence-corrected chi connectivity index (χ4v) is 6.61. The van der Waals surface area contributed by atoms with E-state index in [0.717, 1.165) is 38.9 Å². The molecule has 5 rings (SSSR count). The maximum Gasteiger partial charge on any atom is 0.310 e. The van der Waals surface area contributed by atoms with Gasteiger partial charge in [0.15, 0.2) is 0 Å². The molecule has 0 N–H and O–H groups in total. The average Bonchev–Trinajstić information content (AvgIpc) is 3.07. The molecule has 3 fully saturated rings. The fraction of sp³-hybridized carbons (Fsp3) is 0.483. The second-order valence-electron chi connectivity index (χ2n) is 10.5. The van der Waals surface area contributed by atoms with E-state index in [2.05, 4.69) is 79.1 Å². The van der Waals surface area contributed by atoms with E-state index in [4.69, 9.17) is 4.74 Å². The molecule has 2 aliphatic carbocycles. The van der Waals surface area contributed by atoms with Crippen LogP contribution in [0.25, 0.3) is 0 Å². The molecule has 0 bridgehead atoms. The van der Waals surface area contributed by atoms with Gasteiger partial charge in [-0.15, -0.1) is 0 Å². The maximum atomic E-state index is 13.1. The first kappa shape index (κ1) is 21.5. The number of nitrogens with zero attached hydrogens (tertiary/aromatic N) is 1. The Morgan fingerprint density at radius 3 is 2.28 bits per heavy atom. The first-order valence-electron chi connectivity index (χ1n) is 12.2. The van der Waals surface area contributed by atoms with E-state index in [0.29, 0.717) is 11.8 Å². The van der Waals surface area contributed by atoms with Crippen LogP contribution in [-0.4, -0.2) is 23.5 Å². The van der Waals surface area contributed by atoms with Gasteiger partial charge >= 0.3 is 5.97 Å². The summed E-state index contributed by atoms with van der Waals surface area (Å²) in [5.74, 6) is 0.807. The molecule has 1 saturated heterocycles. The van der Waals surface area contributed by atoms with E-state index in [-0.39, 0.29) is 23.4 Å². The highest BCUT2D eigenvalue weighted by Gasteiger charge is 2.55. The molecule has 0 unspecified atom stereocenters. The van der Waals surface area contributed by atoms with Gasteiger partial charge in [-0.25, -0.2) is 0 Å². The van der Waals surface area contributed by atoms with Crippen LogP contribution in [0.2, 0.25) is 0 Å². The van der Waals surface area contributed by atoms with E-state index in [1.165, 1.54) is 29.5 Å². The van der Waals surface area contributed by atoms with E-state index in [9.17, 15) is 4.79 Å². The third-order valence-electron chi connectivity index (χ3n) is 8.27. The molecule has 2 aromatic carbocycles. The Morgan fingerprint density at radius 1 is 1.03 bits per heavy atom. The lowest BCUT2D eigenvalue weighted by Crippen LogP contribution is -2.45. The van der Waals surface area contributed by atoms with Crippen molar-refractivity contribution >= 4 is 5.97 Å². The Bertz CT molecular complexity index is 914. The summed E-state index contributed by atoms with van der Waals surface area (Å²) < 4.78 is 6.03. The van der Waals surface area contributed by atoms with E-state index >= 15 is 0 Å². The summed E-state index contributed by atoms with van der Waals surface area (Å²) in [5, 5.41) is 0. The van der Waals surface area contributed by atoms with Gasteiger partial charge in [0.05, 0.1) is 5.92 Å². The van der Waals surface area contributed by atoms with Crippen molar-refractivity contribution in [1.29, 1.82) is 0 Å². The lowest BCUT2D eigenvalue weighted by atomic mass is 9.55. The summed E-state index contributed by atoms with van der Waals surface area (Å²) in [6, 6.07) is 21.2. The summed E-state index contributed by atoms with van der Waals surface area (Å²) in [7, 11) is 0. The van der Waals surface area contributed by atoms with Crippen molar-refractivity contribution in [2.24, 2.45) is 23.2 Å². The molecule has 1 heterocycles. The van der Waals surface area contributed by atoms with Crippen molar-refractivity contribution in [2.45, 2.75) is 58.2 Å². The van der Waals surface area contributed by atoms with E-state index in [1.807, 2.05) is 0 Å². The van der Waals surface area contributed by atoms with Gasteiger partial charge in [0.25, 0.3) is 0 Å². The number of allylic oxidation sites excluding steroid dienone is 1. The zero-order chi connectivity index (χ0) is 22.1. The Hall–Kier alpha value is -2.39. The highest BCUT2D eigenvalue weighted by Crippen LogP contribution is 2.57. The number of fused-ring (bicyclic) bond motifs is 2. The predicted molar refractivity (Wildman–Crippen MR) is 128 cm³/mol. The molecular weight excluding hydrogens is 394 g/mol. The van der Waals surface area contributed by atoms with Gasteiger partial charge < -0.3 is 4.74 Å². The number of carbonyl (C=O) groups is 1. The van der Waals surface area contributed by atoms with Crippen LogP contribution in [0.15, 0.2) is 72.8 Å². The lowest BCUT2D eigenvalue weighted by Gasteiger charge is -2.50. The van der Waals surface area contributed by atoms with Crippen molar-refractivity contribution in [3.05, 3.63) is 83.9 Å². The van der Waals surface area contributed by atoms with Gasteiger partial charge in [-0.05, 0) is 54.6 Å². The van der Waals surface area contributed by atoms with Crippen LogP contribution in [0.4, 0.5) is 0 Å². The minimum atomic E-state index is -0.0494. The minimum absolute atomic E-state index is 0.0129. The predicted octanol–water partition coefficient (Wildman–Crippen LogP) is 6.00. The number of rotatable bonds is 6. The molecule has 2 saturated carbocycles. The standard InChI is InChI=1S/C29H35NO2/c1-21-10-9-15-29(2)17-27-24(16-26(21)29)25(28(31)32-27)20-30(18-22-11-5-3-6-12-22)19-23-13-7-4-8-14-23/h3-8,11-14,24-27H,1,9-10,15-20H2,2H3/t24-,25+,26-,27-,29-/m1/s1. The number of esters is 1. The normalized spacial score (nSPS) is 31.8. The molecule has 3 aliphatic rings. The zero-order valence-electron chi connectivity index (χ0n) is 19.2. The highest BCUT2D eigenvalue weighted by atomic mass is 16.6. The van der Waals surface area contributed by atoms with Crippen molar-refractivity contribution < 1.29 is 9.53 Å². The minimum Gasteiger partial charge on any atom is -0.462 e. The van der Waals surface area contributed by atoms with Gasteiger partial charge in [-0.2, -0.15) is 0 Å². The Balaban J connectivity index is 1.36. The van der Waals surface area contributed by atoms with Gasteiger partial charge in [-0.3, -0.25) is 9.69 Å². The van der Waals surface area contributed by atoms with Crippen LogP contribution in [0.5, 0.6) is 0 Å². The molecule has 1 aliphatic heterocycles. The van der Waals surface area contributed by atoms with Crippen LogP contribution >= 0.6 is 0 Å². The van der Waals surface area contributed by atoms with Crippen molar-refractivity contribution in [1.82, 2.24) is 4.90 Å². The zero-order valence-corrected chi connectivity index (χ0v) is 19.2. The second kappa shape index (κ2) is 8.86. The number of carbonyl (C=O) groups excluding carboxylic acids is 1. The lowest BCUT2D eigenvalue weighted by molar-refractivity contribution is -0.146. The largest absolute Gasteiger partial charge is 0.462 e. The Morgan fingerprint density at radius 2 is 1.66 bits per heavy atom. The Labute approximate surface area is 192 Å². The summed E-state index contributed by atoms with van der Waals surface area (Å²) in [6.07, 6.45) is 5.74. The molecule has 3 heteroatoms. The molecule has 0 spiro atoms. The van der Waals surface area contributed by atoms with Crippen molar-refractivity contribution in [3.8, 4) is 0 Å². The van der Waals surface area contributed by atoms with Crippen LogP contribution < -0.4 is 0 Å². The fourth-order valence-electron chi connectivity index (χ4n) is 6.61. The third kappa shape index (κ3) is 4.28. The molecule has 2 aromatic rings. The topological polar surface area (TPSA) is 29.5 Å². The maximum absolute atomic E-state index is 13.1. The smallest absolute Gasteiger partial charge is 0.310 e. The number of hydrogen-bond acceptors (Lipinski definition) is 3. The molecule has 168 valence electrons. The van der Waals surface area contributed by atoms with Gasteiger partial charge in [-0.1, -0.05) is 79.7 Å². The first-order valence-corrected chi connectivity index (χ1v) is 12.2. The number of benzene rings is 2. The van der Waals surface area contributed by atoms with E-state index in [1.54, 1.807) is 0 Å². The van der Waals surface area contributed by atoms with Crippen LogP contribution in [0.1, 0.15) is 50.2 Å². The third-order valence-corrected chi connectivity index (χ3v) is 8.27. The van der Waals surface area contributed by atoms with Crippen LogP contribution in [-0.2, 0) is 22.6 Å². The number of ether oxygens (including phenoxy) is 1. The quantitative estimate of drug-likeness (QED) is 0.416. The molecule has 3 nitrogen and oxygen atoms in total. The summed E-state index contributed by atoms with van der Waals surface area (Å²) >= 11 is 0.